The van der Waals surface area contributed by atoms with E-state index in [1.165, 1.54) is 0 Å². The predicted octanol–water partition coefficient (Wildman–Crippen LogP) is 3.46. The Hall–Kier alpha value is -2.23. The molecule has 1 N–H and O–H groups in total. The molecule has 1 aromatic heterocycles. The highest BCUT2D eigenvalue weighted by atomic mass is 16.3. The molecule has 20 heavy (non-hydrogen) atoms. The molecular weight excluding hydrogens is 252 g/mol. The van der Waals surface area contributed by atoms with Crippen LogP contribution in [0.2, 0.25) is 0 Å². The zero-order chi connectivity index (χ0) is 14.7. The van der Waals surface area contributed by atoms with Crippen molar-refractivity contribution in [1.29, 1.82) is 0 Å². The van der Waals surface area contributed by atoms with Gasteiger partial charge in [0.25, 0.3) is 5.91 Å². The van der Waals surface area contributed by atoms with Gasteiger partial charge in [-0.1, -0.05) is 6.07 Å². The van der Waals surface area contributed by atoms with E-state index in [9.17, 15) is 4.79 Å². The van der Waals surface area contributed by atoms with Gasteiger partial charge in [0.15, 0.2) is 0 Å². The van der Waals surface area contributed by atoms with E-state index in [2.05, 4.69) is 12.2 Å². The minimum atomic E-state index is 0.00372. The minimum absolute atomic E-state index is 0.00372. The van der Waals surface area contributed by atoms with Crippen molar-refractivity contribution in [1.82, 2.24) is 4.90 Å². The highest BCUT2D eigenvalue weighted by Crippen LogP contribution is 2.24. The third-order valence-electron chi connectivity index (χ3n) is 3.31. The van der Waals surface area contributed by atoms with Gasteiger partial charge in [-0.2, -0.15) is 0 Å². The van der Waals surface area contributed by atoms with Gasteiger partial charge in [0.1, 0.15) is 0 Å². The van der Waals surface area contributed by atoms with E-state index >= 15 is 0 Å². The summed E-state index contributed by atoms with van der Waals surface area (Å²) in [5, 5.41) is 3.42. The van der Waals surface area contributed by atoms with Crippen LogP contribution in [-0.4, -0.2) is 24.9 Å². The second-order valence-corrected chi connectivity index (χ2v) is 5.15. The third-order valence-corrected chi connectivity index (χ3v) is 3.31. The van der Waals surface area contributed by atoms with E-state index in [0.29, 0.717) is 5.56 Å². The molecule has 0 saturated heterocycles. The Morgan fingerprint density at radius 2 is 2.05 bits per heavy atom. The maximum absolute atomic E-state index is 12.0. The average Bonchev–Trinajstić information content (AvgIpc) is 2.94. The number of amides is 1. The molecule has 0 bridgehead atoms. The van der Waals surface area contributed by atoms with E-state index in [0.717, 1.165) is 16.8 Å². The van der Waals surface area contributed by atoms with Crippen LogP contribution in [0.4, 0.5) is 5.69 Å². The summed E-state index contributed by atoms with van der Waals surface area (Å²) < 4.78 is 5.10. The number of rotatable bonds is 4. The van der Waals surface area contributed by atoms with Crippen LogP contribution < -0.4 is 5.32 Å². The molecule has 106 valence electrons. The van der Waals surface area contributed by atoms with Gasteiger partial charge in [-0.05, 0) is 37.6 Å². The molecule has 4 nitrogen and oxygen atoms in total. The summed E-state index contributed by atoms with van der Waals surface area (Å²) in [5.74, 6) is 0.00372. The number of carbonyl (C=O) groups is 1. The van der Waals surface area contributed by atoms with E-state index in [-0.39, 0.29) is 11.9 Å². The van der Waals surface area contributed by atoms with Gasteiger partial charge in [0, 0.05) is 30.9 Å². The second kappa shape index (κ2) is 5.82. The molecule has 0 aliphatic rings. The Morgan fingerprint density at radius 1 is 1.30 bits per heavy atom. The molecular formula is C16H20N2O2. The molecule has 1 heterocycles. The van der Waals surface area contributed by atoms with Crippen LogP contribution in [-0.2, 0) is 0 Å². The number of carbonyl (C=O) groups excluding carboxylic acids is 1. The number of nitrogens with one attached hydrogen (secondary N) is 1. The fraction of sp³-hybridized carbons (Fsp3) is 0.312. The zero-order valence-corrected chi connectivity index (χ0v) is 12.3. The largest absolute Gasteiger partial charge is 0.472 e. The van der Waals surface area contributed by atoms with Crippen LogP contribution >= 0.6 is 0 Å². The lowest BCUT2D eigenvalue weighted by molar-refractivity contribution is 0.0827. The van der Waals surface area contributed by atoms with E-state index in [1.807, 2.05) is 31.2 Å². The minimum Gasteiger partial charge on any atom is -0.472 e. The fourth-order valence-electron chi connectivity index (χ4n) is 2.01. The topological polar surface area (TPSA) is 45.5 Å². The second-order valence-electron chi connectivity index (χ2n) is 5.15. The van der Waals surface area contributed by atoms with Crippen molar-refractivity contribution in [2.24, 2.45) is 0 Å². The first-order chi connectivity index (χ1) is 9.49. The van der Waals surface area contributed by atoms with Crippen LogP contribution in [0.5, 0.6) is 0 Å². The maximum Gasteiger partial charge on any atom is 0.253 e. The first-order valence-corrected chi connectivity index (χ1v) is 6.60. The van der Waals surface area contributed by atoms with Crippen molar-refractivity contribution >= 4 is 11.6 Å². The van der Waals surface area contributed by atoms with Crippen molar-refractivity contribution in [3.05, 3.63) is 53.5 Å². The van der Waals surface area contributed by atoms with Gasteiger partial charge in [-0.15, -0.1) is 0 Å². The van der Waals surface area contributed by atoms with Crippen LogP contribution in [0, 0.1) is 6.92 Å². The predicted molar refractivity (Wildman–Crippen MR) is 79.9 cm³/mol. The Kier molecular flexibility index (Phi) is 4.13. The number of nitrogens with zero attached hydrogens (tertiary/aromatic N) is 1. The smallest absolute Gasteiger partial charge is 0.253 e. The molecule has 1 atom stereocenters. The summed E-state index contributed by atoms with van der Waals surface area (Å²) in [5.41, 5.74) is 3.83. The monoisotopic (exact) mass is 272 g/mol. The number of aryl methyl sites for hydroxylation is 1. The first kappa shape index (κ1) is 14.2. The number of anilines is 1. The highest BCUT2D eigenvalue weighted by Gasteiger charge is 2.12. The molecule has 2 aromatic rings. The molecule has 1 aromatic carbocycles. The van der Waals surface area contributed by atoms with Crippen LogP contribution in [0.25, 0.3) is 0 Å². The fourth-order valence-corrected chi connectivity index (χ4v) is 2.01. The van der Waals surface area contributed by atoms with Crippen molar-refractivity contribution in [3.8, 4) is 0 Å². The van der Waals surface area contributed by atoms with Crippen molar-refractivity contribution in [3.63, 3.8) is 0 Å². The molecule has 4 heteroatoms. The van der Waals surface area contributed by atoms with E-state index in [4.69, 9.17) is 4.42 Å². The number of benzene rings is 1. The molecule has 0 fully saturated rings. The lowest BCUT2D eigenvalue weighted by Crippen LogP contribution is -2.21. The summed E-state index contributed by atoms with van der Waals surface area (Å²) in [6.45, 7) is 4.08. The van der Waals surface area contributed by atoms with Crippen LogP contribution in [0.3, 0.4) is 0 Å². The highest BCUT2D eigenvalue weighted by molar-refractivity contribution is 5.95. The molecule has 0 radical (unpaired) electrons. The quantitative estimate of drug-likeness (QED) is 0.927. The normalized spacial score (nSPS) is 12.0. The Bertz CT molecular complexity index is 589. The molecule has 0 aliphatic heterocycles. The van der Waals surface area contributed by atoms with Crippen LogP contribution in [0.1, 0.15) is 34.5 Å². The Labute approximate surface area is 119 Å². The molecule has 0 spiro atoms. The Morgan fingerprint density at radius 3 is 2.65 bits per heavy atom. The van der Waals surface area contributed by atoms with Gasteiger partial charge in [-0.25, -0.2) is 0 Å². The van der Waals surface area contributed by atoms with Gasteiger partial charge >= 0.3 is 0 Å². The van der Waals surface area contributed by atoms with Crippen molar-refractivity contribution in [2.45, 2.75) is 19.9 Å². The molecule has 1 unspecified atom stereocenters. The van der Waals surface area contributed by atoms with Gasteiger partial charge in [-0.3, -0.25) is 4.79 Å². The lowest BCUT2D eigenvalue weighted by Gasteiger charge is -2.17. The first-order valence-electron chi connectivity index (χ1n) is 6.60. The number of hydrogen-bond donors (Lipinski definition) is 1. The van der Waals surface area contributed by atoms with E-state index < -0.39 is 0 Å². The van der Waals surface area contributed by atoms with Gasteiger partial charge in [0.05, 0.1) is 18.6 Å². The third kappa shape index (κ3) is 3.02. The van der Waals surface area contributed by atoms with E-state index in [1.54, 1.807) is 31.5 Å². The number of furan rings is 1. The summed E-state index contributed by atoms with van der Waals surface area (Å²) in [6.07, 6.45) is 3.38. The molecule has 0 saturated carbocycles. The molecule has 2 rings (SSSR count). The molecule has 0 aliphatic carbocycles. The molecule has 1 amide bonds. The van der Waals surface area contributed by atoms with Gasteiger partial charge in [0.2, 0.25) is 0 Å². The zero-order valence-electron chi connectivity index (χ0n) is 12.3. The Balaban J connectivity index is 2.23. The van der Waals surface area contributed by atoms with Crippen LogP contribution in [0.15, 0.2) is 41.2 Å². The number of hydrogen-bond acceptors (Lipinski definition) is 3. The summed E-state index contributed by atoms with van der Waals surface area (Å²) in [4.78, 5) is 13.6. The summed E-state index contributed by atoms with van der Waals surface area (Å²) in [6, 6.07) is 7.76. The lowest BCUT2D eigenvalue weighted by atomic mass is 10.1. The van der Waals surface area contributed by atoms with Crippen molar-refractivity contribution in [2.75, 3.05) is 19.4 Å². The standard InChI is InChI=1S/C16H20N2O2/c1-11-5-6-13(16(19)18(3)4)9-15(11)17-12(2)14-7-8-20-10-14/h5-10,12,17H,1-4H3. The SMILES string of the molecule is Cc1ccc(C(=O)N(C)C)cc1NC(C)c1ccoc1. The van der Waals surface area contributed by atoms with Crippen molar-refractivity contribution < 1.29 is 9.21 Å². The maximum atomic E-state index is 12.0. The summed E-state index contributed by atoms with van der Waals surface area (Å²) >= 11 is 0. The average molecular weight is 272 g/mol. The summed E-state index contributed by atoms with van der Waals surface area (Å²) in [7, 11) is 3.51. The van der Waals surface area contributed by atoms with Gasteiger partial charge < -0.3 is 14.6 Å².